The first kappa shape index (κ1) is 65.0. The lowest BCUT2D eigenvalue weighted by Gasteiger charge is -2.41. The Hall–Kier alpha value is -3.00. The molecule has 0 saturated heterocycles. The van der Waals surface area contributed by atoms with Crippen LogP contribution in [0.2, 0.25) is 0 Å². The third-order valence-electron chi connectivity index (χ3n) is 11.6. The summed E-state index contributed by atoms with van der Waals surface area (Å²) in [4.78, 5) is 23.3. The van der Waals surface area contributed by atoms with Gasteiger partial charge >= 0.3 is 13.8 Å². The van der Waals surface area contributed by atoms with E-state index in [2.05, 4.69) is 111 Å². The Bertz CT molecular complexity index is 1570. The van der Waals surface area contributed by atoms with Crippen LogP contribution in [0.25, 0.3) is 0 Å². The van der Waals surface area contributed by atoms with E-state index in [1.54, 1.807) is 0 Å². The molecule has 1 fully saturated rings. The summed E-state index contributed by atoms with van der Waals surface area (Å²) in [6, 6.07) is 0. The van der Waals surface area contributed by atoms with Crippen molar-refractivity contribution in [1.82, 2.24) is 0 Å². The second-order valence-electron chi connectivity index (χ2n) is 18.0. The highest BCUT2D eigenvalue weighted by Crippen LogP contribution is 2.47. The molecule has 0 spiro atoms. The largest absolute Gasteiger partial charge is 0.472 e. The standard InChI is InChI=1S/C57H95O12P/c1-3-5-7-9-11-13-15-17-19-21-23-25-26-27-28-30-32-34-36-38-40-42-44-46-51(58)68-50(49-67-70(64,65)69-57-55(62)53(60)52(59)54(61)56(57)63)48-66-47-45-43-41-39-37-35-33-31-29-24-22-20-18-16-14-12-10-8-6-4-2/h5,7,11-14,17-20,23,25,27-28,32,34,38,40,50,52-57,59-63H,3-4,6,8-10,15-16,21-22,24,26,29-31,33,35-37,39,41-49H2,1-2H3,(H,64,65)/b7-5-,13-11-,14-12-,19-17-,20-18-,25-23-,28-27-,34-32-,40-38-. The van der Waals surface area contributed by atoms with Gasteiger partial charge in [0.2, 0.25) is 0 Å². The smallest absolute Gasteiger partial charge is 0.457 e. The fraction of sp³-hybridized carbons (Fsp3) is 0.667. The van der Waals surface area contributed by atoms with Crippen LogP contribution >= 0.6 is 7.82 Å². The van der Waals surface area contributed by atoms with Gasteiger partial charge in [-0.05, 0) is 96.3 Å². The number of carbonyl (C=O) groups is 1. The SMILES string of the molecule is CC/C=C\C/C=C\C/C=C\C/C=C\C/C=C\C/C=C\C/C=C\CCCC(=O)OC(COCCCCCCCCCCCC/C=C\C/C=C\CCCCC)COP(=O)(O)OC1C(O)C(O)C(O)C(O)C1O. The van der Waals surface area contributed by atoms with Crippen molar-refractivity contribution in [1.29, 1.82) is 0 Å². The summed E-state index contributed by atoms with van der Waals surface area (Å²) in [5.74, 6) is -0.539. The average molecular weight is 1000 g/mol. The van der Waals surface area contributed by atoms with E-state index < -0.39 is 63.1 Å². The molecule has 0 bridgehead atoms. The van der Waals surface area contributed by atoms with Crippen molar-refractivity contribution in [2.24, 2.45) is 0 Å². The Labute approximate surface area is 423 Å². The minimum atomic E-state index is -5.05. The molecule has 0 aromatic rings. The van der Waals surface area contributed by atoms with E-state index in [0.717, 1.165) is 83.5 Å². The van der Waals surface area contributed by atoms with Crippen molar-refractivity contribution < 1.29 is 58.3 Å². The van der Waals surface area contributed by atoms with Crippen LogP contribution in [-0.2, 0) is 27.9 Å². The highest BCUT2D eigenvalue weighted by atomic mass is 31.2. The molecule has 0 aromatic heterocycles. The van der Waals surface area contributed by atoms with Crippen molar-refractivity contribution in [3.63, 3.8) is 0 Å². The summed E-state index contributed by atoms with van der Waals surface area (Å²) in [5.41, 5.74) is 0. The summed E-state index contributed by atoms with van der Waals surface area (Å²) in [6.45, 7) is 4.05. The van der Waals surface area contributed by atoms with Gasteiger partial charge in [0.1, 0.15) is 42.7 Å². The second-order valence-corrected chi connectivity index (χ2v) is 19.4. The number of allylic oxidation sites excluding steroid dienone is 18. The van der Waals surface area contributed by atoms with Gasteiger partial charge in [-0.15, -0.1) is 0 Å². The number of carbonyl (C=O) groups excluding carboxylic acids is 1. The predicted octanol–water partition coefficient (Wildman–Crippen LogP) is 12.4. The van der Waals surface area contributed by atoms with Gasteiger partial charge in [-0.3, -0.25) is 13.8 Å². The van der Waals surface area contributed by atoms with Gasteiger partial charge < -0.3 is 39.9 Å². The van der Waals surface area contributed by atoms with Gasteiger partial charge in [0.15, 0.2) is 0 Å². The number of aliphatic hydroxyl groups excluding tert-OH is 5. The zero-order valence-corrected chi connectivity index (χ0v) is 43.9. The zero-order chi connectivity index (χ0) is 51.2. The molecule has 0 heterocycles. The number of ether oxygens (including phenoxy) is 2. The molecule has 13 heteroatoms. The Morgan fingerprint density at radius 1 is 0.471 bits per heavy atom. The van der Waals surface area contributed by atoms with Crippen molar-refractivity contribution >= 4 is 13.8 Å². The monoisotopic (exact) mass is 1000 g/mol. The molecular formula is C57H95O12P. The predicted molar refractivity (Wildman–Crippen MR) is 285 cm³/mol. The second kappa shape index (κ2) is 45.8. The average Bonchev–Trinajstić information content (AvgIpc) is 3.35. The van der Waals surface area contributed by atoms with E-state index in [1.807, 2.05) is 12.2 Å². The molecule has 1 saturated carbocycles. The van der Waals surface area contributed by atoms with E-state index in [9.17, 15) is 39.8 Å². The fourth-order valence-corrected chi connectivity index (χ4v) is 8.41. The normalized spacial score (nSPS) is 21.8. The number of hydrogen-bond acceptors (Lipinski definition) is 11. The van der Waals surface area contributed by atoms with E-state index in [4.69, 9.17) is 18.5 Å². The van der Waals surface area contributed by atoms with E-state index in [1.165, 1.54) is 64.2 Å². The number of aliphatic hydroxyl groups is 5. The van der Waals surface area contributed by atoms with Crippen LogP contribution < -0.4 is 0 Å². The minimum absolute atomic E-state index is 0.0985. The number of phosphoric acid groups is 1. The number of unbranched alkanes of at least 4 members (excludes halogenated alkanes) is 14. The first-order chi connectivity index (χ1) is 34.0. The van der Waals surface area contributed by atoms with Crippen LogP contribution in [0.1, 0.15) is 181 Å². The molecule has 0 radical (unpaired) electrons. The molecule has 0 amide bonds. The lowest BCUT2D eigenvalue weighted by Crippen LogP contribution is -2.64. The first-order valence-corrected chi connectivity index (χ1v) is 28.2. The molecular weight excluding hydrogens is 908 g/mol. The maximum Gasteiger partial charge on any atom is 0.472 e. The molecule has 1 aliphatic carbocycles. The van der Waals surface area contributed by atoms with Crippen LogP contribution in [0.5, 0.6) is 0 Å². The maximum atomic E-state index is 12.9. The molecule has 1 rings (SSSR count). The molecule has 0 aliphatic heterocycles. The van der Waals surface area contributed by atoms with Crippen LogP contribution in [0, 0.1) is 0 Å². The maximum absolute atomic E-state index is 12.9. The van der Waals surface area contributed by atoms with Gasteiger partial charge in [-0.25, -0.2) is 4.57 Å². The Morgan fingerprint density at radius 2 is 0.843 bits per heavy atom. The quantitative estimate of drug-likeness (QED) is 0.0147. The molecule has 12 nitrogen and oxygen atoms in total. The van der Waals surface area contributed by atoms with E-state index in [-0.39, 0.29) is 13.0 Å². The van der Waals surface area contributed by atoms with Crippen LogP contribution in [0.15, 0.2) is 109 Å². The summed E-state index contributed by atoms with van der Waals surface area (Å²) in [7, 11) is -5.05. The van der Waals surface area contributed by atoms with E-state index in [0.29, 0.717) is 19.4 Å². The Morgan fingerprint density at radius 3 is 1.29 bits per heavy atom. The van der Waals surface area contributed by atoms with Crippen molar-refractivity contribution in [2.45, 2.75) is 224 Å². The van der Waals surface area contributed by atoms with Gasteiger partial charge in [0.05, 0.1) is 13.2 Å². The lowest BCUT2D eigenvalue weighted by molar-refractivity contribution is -0.220. The van der Waals surface area contributed by atoms with Crippen LogP contribution in [0.4, 0.5) is 0 Å². The third kappa shape index (κ3) is 36.8. The highest BCUT2D eigenvalue weighted by molar-refractivity contribution is 7.47. The fourth-order valence-electron chi connectivity index (χ4n) is 7.43. The molecule has 400 valence electrons. The Kier molecular flexibility index (Phi) is 42.6. The summed E-state index contributed by atoms with van der Waals surface area (Å²) < 4.78 is 34.3. The summed E-state index contributed by atoms with van der Waals surface area (Å²) in [5, 5.41) is 50.4. The minimum Gasteiger partial charge on any atom is -0.457 e. The van der Waals surface area contributed by atoms with Gasteiger partial charge in [0, 0.05) is 13.0 Å². The zero-order valence-electron chi connectivity index (χ0n) is 43.0. The number of esters is 1. The third-order valence-corrected chi connectivity index (χ3v) is 12.6. The molecule has 6 unspecified atom stereocenters. The summed E-state index contributed by atoms with van der Waals surface area (Å²) in [6.07, 6.45) is 53.0. The first-order valence-electron chi connectivity index (χ1n) is 26.7. The van der Waals surface area contributed by atoms with Gasteiger partial charge in [-0.2, -0.15) is 0 Å². The Balaban J connectivity index is 2.39. The van der Waals surface area contributed by atoms with Crippen molar-refractivity contribution in [2.75, 3.05) is 19.8 Å². The van der Waals surface area contributed by atoms with Crippen LogP contribution in [-0.4, -0.2) is 98.9 Å². The number of rotatable bonds is 44. The van der Waals surface area contributed by atoms with Crippen LogP contribution in [0.3, 0.4) is 0 Å². The lowest BCUT2D eigenvalue weighted by atomic mass is 9.85. The molecule has 1 aliphatic rings. The topological polar surface area (TPSA) is 192 Å². The highest BCUT2D eigenvalue weighted by Gasteiger charge is 2.51. The van der Waals surface area contributed by atoms with E-state index >= 15 is 0 Å². The molecule has 0 aromatic carbocycles. The van der Waals surface area contributed by atoms with Crippen molar-refractivity contribution in [3.8, 4) is 0 Å². The molecule has 6 N–H and O–H groups in total. The summed E-state index contributed by atoms with van der Waals surface area (Å²) >= 11 is 0. The van der Waals surface area contributed by atoms with Crippen molar-refractivity contribution in [3.05, 3.63) is 109 Å². The molecule has 6 atom stereocenters. The van der Waals surface area contributed by atoms with Gasteiger partial charge in [0.25, 0.3) is 0 Å². The molecule has 70 heavy (non-hydrogen) atoms. The van der Waals surface area contributed by atoms with Gasteiger partial charge in [-0.1, -0.05) is 187 Å². The number of phosphoric ester groups is 1. The number of hydrogen-bond donors (Lipinski definition) is 6.